The van der Waals surface area contributed by atoms with Gasteiger partial charge in [0, 0.05) is 17.4 Å². The summed E-state index contributed by atoms with van der Waals surface area (Å²) < 4.78 is 6.58. The second-order valence-corrected chi connectivity index (χ2v) is 9.49. The van der Waals surface area contributed by atoms with Crippen LogP contribution in [0.2, 0.25) is 0 Å². The number of rotatable bonds is 0. The standard InChI is InChI=1S/C21H28O4/c1-12-6-7-16-19(2,3)8-5-9-21(16)20(12,4)11-13-17(24)14(22)10-15(23)18(13)25-21/h10,12,16,22H,5-9,11H2,1-4H3/t12-,16+,20+,21-/m0/s1. The highest BCUT2D eigenvalue weighted by Gasteiger charge is 2.67. The third-order valence-electron chi connectivity index (χ3n) is 7.92. The summed E-state index contributed by atoms with van der Waals surface area (Å²) in [6.45, 7) is 9.13. The van der Waals surface area contributed by atoms with Gasteiger partial charge in [0.2, 0.25) is 11.6 Å². The fraction of sp³-hybridized carbons (Fsp3) is 0.714. The Kier molecular flexibility index (Phi) is 3.36. The Bertz CT molecular complexity index is 728. The lowest BCUT2D eigenvalue weighted by molar-refractivity contribution is -0.237. The van der Waals surface area contributed by atoms with Gasteiger partial charge in [-0.05, 0) is 49.9 Å². The van der Waals surface area contributed by atoms with Gasteiger partial charge in [-0.25, -0.2) is 0 Å². The molecule has 0 bridgehead atoms. The first kappa shape index (κ1) is 16.9. The lowest BCUT2D eigenvalue weighted by Crippen LogP contribution is -2.66. The summed E-state index contributed by atoms with van der Waals surface area (Å²) in [6.07, 6.45) is 6.96. The summed E-state index contributed by atoms with van der Waals surface area (Å²) in [5, 5.41) is 9.85. The normalized spacial score (nSPS) is 42.8. The van der Waals surface area contributed by atoms with Gasteiger partial charge in [-0.2, -0.15) is 0 Å². The predicted molar refractivity (Wildman–Crippen MR) is 93.8 cm³/mol. The Hall–Kier alpha value is -1.58. The molecule has 1 aliphatic heterocycles. The van der Waals surface area contributed by atoms with Crippen LogP contribution in [-0.2, 0) is 14.3 Å². The molecule has 2 fully saturated rings. The van der Waals surface area contributed by atoms with Crippen LogP contribution < -0.4 is 0 Å². The van der Waals surface area contributed by atoms with Crippen LogP contribution >= 0.6 is 0 Å². The first-order valence-corrected chi connectivity index (χ1v) is 9.54. The molecular formula is C21H28O4. The van der Waals surface area contributed by atoms with Gasteiger partial charge in [0.25, 0.3) is 0 Å². The van der Waals surface area contributed by atoms with E-state index >= 15 is 0 Å². The van der Waals surface area contributed by atoms with Crippen molar-refractivity contribution >= 4 is 11.6 Å². The van der Waals surface area contributed by atoms with Gasteiger partial charge in [0.15, 0.2) is 11.5 Å². The molecule has 1 N–H and O–H groups in total. The maximum Gasteiger partial charge on any atom is 0.227 e. The van der Waals surface area contributed by atoms with Crippen LogP contribution in [0.3, 0.4) is 0 Å². The topological polar surface area (TPSA) is 63.6 Å². The first-order chi connectivity index (χ1) is 11.6. The number of carbonyl (C=O) groups is 2. The van der Waals surface area contributed by atoms with Gasteiger partial charge in [0.1, 0.15) is 5.60 Å². The van der Waals surface area contributed by atoms with E-state index in [0.717, 1.165) is 31.8 Å². The van der Waals surface area contributed by atoms with E-state index in [9.17, 15) is 14.7 Å². The number of hydrogen-bond donors (Lipinski definition) is 1. The zero-order valence-corrected chi connectivity index (χ0v) is 15.6. The summed E-state index contributed by atoms with van der Waals surface area (Å²) in [7, 11) is 0. The molecule has 4 nitrogen and oxygen atoms in total. The number of aliphatic hydroxyl groups excluding tert-OH is 1. The number of carbonyl (C=O) groups excluding carboxylic acids is 2. The van der Waals surface area contributed by atoms with Crippen molar-refractivity contribution in [1.82, 2.24) is 0 Å². The highest BCUT2D eigenvalue weighted by Crippen LogP contribution is 2.67. The Morgan fingerprint density at radius 3 is 2.60 bits per heavy atom. The quantitative estimate of drug-likeness (QED) is 0.667. The number of ether oxygens (including phenoxy) is 1. The molecule has 4 heteroatoms. The smallest absolute Gasteiger partial charge is 0.227 e. The molecule has 0 aromatic rings. The number of Topliss-reactive ketones (excluding diaryl/α,β-unsaturated/α-hetero) is 1. The zero-order valence-electron chi connectivity index (χ0n) is 15.6. The summed E-state index contributed by atoms with van der Waals surface area (Å²) >= 11 is 0. The number of aliphatic hydroxyl groups is 1. The average molecular weight is 344 g/mol. The highest BCUT2D eigenvalue weighted by molar-refractivity contribution is 6.21. The van der Waals surface area contributed by atoms with Crippen LogP contribution in [0.5, 0.6) is 0 Å². The molecule has 1 heterocycles. The SMILES string of the molecule is C[C@H]1CC[C@@H]2C(C)(C)CCC[C@]23OC2=C(C[C@]13C)C(=O)C(O)=CC2=O. The molecule has 0 radical (unpaired) electrons. The molecule has 3 aliphatic carbocycles. The largest absolute Gasteiger partial charge is 0.504 e. The Morgan fingerprint density at radius 1 is 1.16 bits per heavy atom. The number of hydrogen-bond acceptors (Lipinski definition) is 4. The molecule has 0 saturated heterocycles. The van der Waals surface area contributed by atoms with Gasteiger partial charge in [0.05, 0.1) is 5.57 Å². The molecule has 25 heavy (non-hydrogen) atoms. The fourth-order valence-corrected chi connectivity index (χ4v) is 6.29. The average Bonchev–Trinajstić information content (AvgIpc) is 2.52. The summed E-state index contributed by atoms with van der Waals surface area (Å²) in [6, 6.07) is 0. The van der Waals surface area contributed by atoms with Crippen LogP contribution in [0.4, 0.5) is 0 Å². The van der Waals surface area contributed by atoms with Crippen LogP contribution in [0.1, 0.15) is 66.2 Å². The van der Waals surface area contributed by atoms with Gasteiger partial charge in [-0.1, -0.05) is 27.7 Å². The molecular weight excluding hydrogens is 316 g/mol. The minimum Gasteiger partial charge on any atom is -0.504 e. The molecule has 0 aromatic heterocycles. The Balaban J connectivity index is 1.89. The molecule has 4 rings (SSSR count). The van der Waals surface area contributed by atoms with Crippen molar-refractivity contribution in [3.8, 4) is 0 Å². The maximum absolute atomic E-state index is 12.5. The number of allylic oxidation sites excluding steroid dienone is 2. The third kappa shape index (κ3) is 2.00. The minimum absolute atomic E-state index is 0.164. The molecule has 0 aromatic carbocycles. The second-order valence-electron chi connectivity index (χ2n) is 9.49. The van der Waals surface area contributed by atoms with E-state index in [1.807, 2.05) is 0 Å². The van der Waals surface area contributed by atoms with Gasteiger partial charge in [-0.15, -0.1) is 0 Å². The van der Waals surface area contributed by atoms with Crippen molar-refractivity contribution in [2.75, 3.05) is 0 Å². The van der Waals surface area contributed by atoms with E-state index in [4.69, 9.17) is 4.74 Å². The van der Waals surface area contributed by atoms with E-state index in [1.54, 1.807) is 0 Å². The fourth-order valence-electron chi connectivity index (χ4n) is 6.29. The molecule has 136 valence electrons. The number of ketones is 2. The molecule has 0 amide bonds. The van der Waals surface area contributed by atoms with E-state index < -0.39 is 11.5 Å². The highest BCUT2D eigenvalue weighted by atomic mass is 16.5. The summed E-state index contributed by atoms with van der Waals surface area (Å²) in [4.78, 5) is 25.0. The van der Waals surface area contributed by atoms with Crippen molar-refractivity contribution in [2.24, 2.45) is 22.7 Å². The van der Waals surface area contributed by atoms with Crippen LogP contribution in [0.25, 0.3) is 0 Å². The molecule has 0 unspecified atom stereocenters. The van der Waals surface area contributed by atoms with Crippen molar-refractivity contribution in [1.29, 1.82) is 0 Å². The molecule has 4 aliphatic rings. The van der Waals surface area contributed by atoms with Crippen molar-refractivity contribution < 1.29 is 19.4 Å². The van der Waals surface area contributed by atoms with E-state index in [-0.39, 0.29) is 28.0 Å². The van der Waals surface area contributed by atoms with Crippen molar-refractivity contribution in [3.63, 3.8) is 0 Å². The minimum atomic E-state index is -0.448. The van der Waals surface area contributed by atoms with Crippen LogP contribution in [0.15, 0.2) is 23.2 Å². The second kappa shape index (κ2) is 4.99. The molecule has 4 atom stereocenters. The Labute approximate surface area is 149 Å². The van der Waals surface area contributed by atoms with Crippen LogP contribution in [0, 0.1) is 22.7 Å². The van der Waals surface area contributed by atoms with E-state index in [2.05, 4.69) is 27.7 Å². The lowest BCUT2D eigenvalue weighted by atomic mass is 9.44. The van der Waals surface area contributed by atoms with Gasteiger partial charge < -0.3 is 9.84 Å². The maximum atomic E-state index is 12.5. The van der Waals surface area contributed by atoms with Crippen LogP contribution in [-0.4, -0.2) is 22.3 Å². The van der Waals surface area contributed by atoms with Crippen molar-refractivity contribution in [2.45, 2.75) is 71.8 Å². The molecule has 1 spiro atoms. The monoisotopic (exact) mass is 344 g/mol. The van der Waals surface area contributed by atoms with E-state index in [1.165, 1.54) is 6.42 Å². The predicted octanol–water partition coefficient (Wildman–Crippen LogP) is 4.26. The Morgan fingerprint density at radius 2 is 1.88 bits per heavy atom. The van der Waals surface area contributed by atoms with E-state index in [0.29, 0.717) is 23.8 Å². The first-order valence-electron chi connectivity index (χ1n) is 9.54. The summed E-state index contributed by atoms with van der Waals surface area (Å²) in [5.41, 5.74) is -0.0339. The summed E-state index contributed by atoms with van der Waals surface area (Å²) in [5.74, 6) is -0.249. The third-order valence-corrected chi connectivity index (χ3v) is 7.92. The van der Waals surface area contributed by atoms with Gasteiger partial charge >= 0.3 is 0 Å². The molecule has 2 saturated carbocycles. The zero-order chi connectivity index (χ0) is 18.2. The lowest BCUT2D eigenvalue weighted by Gasteiger charge is -2.66. The van der Waals surface area contributed by atoms with Crippen molar-refractivity contribution in [3.05, 3.63) is 23.2 Å². The van der Waals surface area contributed by atoms with Gasteiger partial charge in [-0.3, -0.25) is 9.59 Å².